The number of aliphatic hydroxyl groups excluding tert-OH is 2. The van der Waals surface area contributed by atoms with Gasteiger partial charge >= 0.3 is 5.97 Å². The highest BCUT2D eigenvalue weighted by Crippen LogP contribution is 2.16. The minimum absolute atomic E-state index is 0.0474. The van der Waals surface area contributed by atoms with Crippen molar-refractivity contribution in [1.29, 1.82) is 0 Å². The van der Waals surface area contributed by atoms with Gasteiger partial charge in [-0.15, -0.1) is 0 Å². The van der Waals surface area contributed by atoms with Gasteiger partial charge in [0.2, 0.25) is 0 Å². The van der Waals surface area contributed by atoms with Gasteiger partial charge < -0.3 is 19.7 Å². The lowest BCUT2D eigenvalue weighted by Gasteiger charge is -2.20. The van der Waals surface area contributed by atoms with Crippen molar-refractivity contribution in [1.82, 2.24) is 0 Å². The van der Waals surface area contributed by atoms with E-state index in [4.69, 9.17) is 19.7 Å². The monoisotopic (exact) mass is 268 g/mol. The van der Waals surface area contributed by atoms with Gasteiger partial charge in [0.15, 0.2) is 0 Å². The maximum absolute atomic E-state index is 11.7. The molecule has 1 aromatic rings. The normalized spacial score (nSPS) is 11.2. The number of hydrogen-bond acceptors (Lipinski definition) is 5. The smallest absolute Gasteiger partial charge is 0.338 e. The van der Waals surface area contributed by atoms with Crippen LogP contribution in [0.4, 0.5) is 0 Å². The van der Waals surface area contributed by atoms with Crippen molar-refractivity contribution in [3.8, 4) is 5.75 Å². The standard InChI is InChI=1S/C14H20O5/c1-14(2,9-16)10-19-13(17)11-3-5-12(6-4-11)18-8-7-15/h3-6,15-16H,7-10H2,1-2H3. The number of ether oxygens (including phenoxy) is 2. The van der Waals surface area contributed by atoms with Gasteiger partial charge in [0.05, 0.1) is 25.4 Å². The average molecular weight is 268 g/mol. The minimum atomic E-state index is -0.445. The molecule has 0 saturated heterocycles. The summed E-state index contributed by atoms with van der Waals surface area (Å²) in [4.78, 5) is 11.7. The molecule has 0 atom stereocenters. The summed E-state index contributed by atoms with van der Waals surface area (Å²) >= 11 is 0. The Morgan fingerprint density at radius 1 is 1.21 bits per heavy atom. The molecule has 19 heavy (non-hydrogen) atoms. The Bertz CT molecular complexity index is 397. The summed E-state index contributed by atoms with van der Waals surface area (Å²) < 4.78 is 10.3. The zero-order valence-corrected chi connectivity index (χ0v) is 11.3. The highest BCUT2D eigenvalue weighted by atomic mass is 16.5. The molecule has 0 heterocycles. The van der Waals surface area contributed by atoms with Crippen LogP contribution in [-0.4, -0.2) is 42.6 Å². The number of benzene rings is 1. The molecule has 2 N–H and O–H groups in total. The maximum Gasteiger partial charge on any atom is 0.338 e. The molecule has 1 aromatic carbocycles. The fourth-order valence-electron chi connectivity index (χ4n) is 1.24. The first-order valence-corrected chi connectivity index (χ1v) is 6.10. The van der Waals surface area contributed by atoms with Gasteiger partial charge in [-0.2, -0.15) is 0 Å². The average Bonchev–Trinajstić information content (AvgIpc) is 2.43. The predicted molar refractivity (Wildman–Crippen MR) is 70.2 cm³/mol. The molecule has 0 unspecified atom stereocenters. The van der Waals surface area contributed by atoms with Crippen LogP contribution in [-0.2, 0) is 4.74 Å². The van der Waals surface area contributed by atoms with Crippen LogP contribution in [0.25, 0.3) is 0 Å². The van der Waals surface area contributed by atoms with Crippen molar-refractivity contribution >= 4 is 5.97 Å². The lowest BCUT2D eigenvalue weighted by atomic mass is 9.96. The van der Waals surface area contributed by atoms with Crippen LogP contribution in [0.1, 0.15) is 24.2 Å². The van der Waals surface area contributed by atoms with Crippen molar-refractivity contribution in [2.45, 2.75) is 13.8 Å². The number of rotatable bonds is 7. The van der Waals surface area contributed by atoms with Gasteiger partial charge in [0, 0.05) is 5.41 Å². The van der Waals surface area contributed by atoms with Gasteiger partial charge in [-0.05, 0) is 24.3 Å². The zero-order valence-electron chi connectivity index (χ0n) is 11.3. The summed E-state index contributed by atoms with van der Waals surface area (Å²) in [6.07, 6.45) is 0. The molecule has 0 aromatic heterocycles. The number of hydrogen-bond donors (Lipinski definition) is 2. The molecule has 1 rings (SSSR count). The van der Waals surface area contributed by atoms with E-state index in [-0.39, 0.29) is 26.4 Å². The summed E-state index contributed by atoms with van der Waals surface area (Å²) in [6, 6.07) is 6.48. The number of carbonyl (C=O) groups is 1. The third-order valence-electron chi connectivity index (χ3n) is 2.47. The molecule has 0 bridgehead atoms. The molecule has 0 amide bonds. The molecule has 0 aliphatic heterocycles. The van der Waals surface area contributed by atoms with E-state index in [1.807, 2.05) is 13.8 Å². The number of aliphatic hydroxyl groups is 2. The van der Waals surface area contributed by atoms with E-state index in [1.54, 1.807) is 24.3 Å². The van der Waals surface area contributed by atoms with Crippen LogP contribution < -0.4 is 4.74 Å². The Hall–Kier alpha value is -1.59. The quantitative estimate of drug-likeness (QED) is 0.727. The summed E-state index contributed by atoms with van der Waals surface area (Å²) in [5.41, 5.74) is -0.0232. The second kappa shape index (κ2) is 7.11. The number of esters is 1. The summed E-state index contributed by atoms with van der Waals surface area (Å²) in [7, 11) is 0. The van der Waals surface area contributed by atoms with Crippen molar-refractivity contribution < 1.29 is 24.5 Å². The van der Waals surface area contributed by atoms with Gasteiger partial charge in [-0.3, -0.25) is 0 Å². The van der Waals surface area contributed by atoms with Crippen LogP contribution in [0.5, 0.6) is 5.75 Å². The fraction of sp³-hybridized carbons (Fsp3) is 0.500. The zero-order chi connectivity index (χ0) is 14.3. The molecule has 0 saturated carbocycles. The van der Waals surface area contributed by atoms with Crippen LogP contribution in [0.15, 0.2) is 24.3 Å². The van der Waals surface area contributed by atoms with Crippen molar-refractivity contribution in [3.63, 3.8) is 0 Å². The molecular formula is C14H20O5. The van der Waals surface area contributed by atoms with E-state index in [1.165, 1.54) is 0 Å². The Kier molecular flexibility index (Phi) is 5.79. The summed E-state index contributed by atoms with van der Waals surface area (Å²) in [5, 5.41) is 17.7. The Morgan fingerprint density at radius 3 is 2.37 bits per heavy atom. The molecule has 0 radical (unpaired) electrons. The molecule has 106 valence electrons. The van der Waals surface area contributed by atoms with Crippen molar-refractivity contribution in [2.75, 3.05) is 26.4 Å². The van der Waals surface area contributed by atoms with Crippen LogP contribution in [0, 0.1) is 5.41 Å². The second-order valence-electron chi connectivity index (χ2n) is 4.99. The molecule has 0 aliphatic rings. The predicted octanol–water partition coefficient (Wildman–Crippen LogP) is 1.23. The molecule has 0 aliphatic carbocycles. The number of carbonyl (C=O) groups excluding carboxylic acids is 1. The van der Waals surface area contributed by atoms with Gasteiger partial charge in [0.1, 0.15) is 12.4 Å². The lowest BCUT2D eigenvalue weighted by Crippen LogP contribution is -2.25. The lowest BCUT2D eigenvalue weighted by molar-refractivity contribution is 0.0218. The summed E-state index contributed by atoms with van der Waals surface area (Å²) in [5.74, 6) is 0.150. The molecule has 5 heteroatoms. The Morgan fingerprint density at radius 2 is 1.84 bits per heavy atom. The van der Waals surface area contributed by atoms with E-state index in [2.05, 4.69) is 0 Å². The second-order valence-corrected chi connectivity index (χ2v) is 4.99. The van der Waals surface area contributed by atoms with Crippen molar-refractivity contribution in [3.05, 3.63) is 29.8 Å². The van der Waals surface area contributed by atoms with E-state index < -0.39 is 11.4 Å². The molecule has 0 fully saturated rings. The van der Waals surface area contributed by atoms with Crippen molar-refractivity contribution in [2.24, 2.45) is 5.41 Å². The maximum atomic E-state index is 11.7. The van der Waals surface area contributed by atoms with E-state index in [0.717, 1.165) is 0 Å². The first-order chi connectivity index (χ1) is 8.98. The van der Waals surface area contributed by atoms with E-state index in [9.17, 15) is 4.79 Å². The molecule has 5 nitrogen and oxygen atoms in total. The Labute approximate surface area is 112 Å². The van der Waals surface area contributed by atoms with Crippen LogP contribution >= 0.6 is 0 Å². The van der Waals surface area contributed by atoms with Crippen LogP contribution in [0.3, 0.4) is 0 Å². The highest BCUT2D eigenvalue weighted by Gasteiger charge is 2.19. The molecular weight excluding hydrogens is 248 g/mol. The topological polar surface area (TPSA) is 76.0 Å². The van der Waals surface area contributed by atoms with E-state index >= 15 is 0 Å². The Balaban J connectivity index is 2.53. The first-order valence-electron chi connectivity index (χ1n) is 6.10. The van der Waals surface area contributed by atoms with E-state index in [0.29, 0.717) is 11.3 Å². The minimum Gasteiger partial charge on any atom is -0.491 e. The summed E-state index contributed by atoms with van der Waals surface area (Å²) in [6.45, 7) is 3.89. The third kappa shape index (κ3) is 5.28. The largest absolute Gasteiger partial charge is 0.491 e. The third-order valence-corrected chi connectivity index (χ3v) is 2.47. The van der Waals surface area contributed by atoms with Gasteiger partial charge in [-0.1, -0.05) is 13.8 Å². The van der Waals surface area contributed by atoms with Crippen LogP contribution in [0.2, 0.25) is 0 Å². The highest BCUT2D eigenvalue weighted by molar-refractivity contribution is 5.89. The molecule has 0 spiro atoms. The first kappa shape index (κ1) is 15.5. The SMILES string of the molecule is CC(C)(CO)COC(=O)c1ccc(OCCO)cc1. The van der Waals surface area contributed by atoms with Gasteiger partial charge in [0.25, 0.3) is 0 Å². The fourth-order valence-corrected chi connectivity index (χ4v) is 1.24. The van der Waals surface area contributed by atoms with Gasteiger partial charge in [-0.25, -0.2) is 4.79 Å².